The van der Waals surface area contributed by atoms with Crippen LogP contribution in [0.2, 0.25) is 0 Å². The first-order valence-electron chi connectivity index (χ1n) is 10.7. The highest BCUT2D eigenvalue weighted by Crippen LogP contribution is 2.44. The molecule has 0 saturated carbocycles. The van der Waals surface area contributed by atoms with Crippen molar-refractivity contribution >= 4 is 23.3 Å². The fraction of sp³-hybridized carbons (Fsp3) is 0.185. The van der Waals surface area contributed by atoms with Crippen molar-refractivity contribution in [1.29, 1.82) is 0 Å². The second-order valence-electron chi connectivity index (χ2n) is 8.52. The number of H-pyrrole nitrogens is 1. The van der Waals surface area contributed by atoms with E-state index in [1.165, 1.54) is 11.1 Å². The third-order valence-corrected chi connectivity index (χ3v) is 6.22. The maximum Gasteiger partial charge on any atom is 0.407 e. The molecule has 4 aromatic rings. The quantitative estimate of drug-likeness (QED) is 0.418. The van der Waals surface area contributed by atoms with Crippen molar-refractivity contribution in [3.63, 3.8) is 0 Å². The standard InChI is InChI=1S/C27H24N2O3/c1-27(17-30,14-18-15-28-25-13-7-6-8-19(18)25)29-26(31)32-16-24-22-11-4-2-9-20(22)21-10-3-5-12-23(21)24/h2-13,15,17,24,28H,14,16H2,1H3,(H,29,31)/t27-/m1/s1. The summed E-state index contributed by atoms with van der Waals surface area (Å²) in [5.74, 6) is -0.0238. The topological polar surface area (TPSA) is 71.2 Å². The van der Waals surface area contributed by atoms with E-state index in [4.69, 9.17) is 4.74 Å². The Labute approximate surface area is 186 Å². The number of carbonyl (C=O) groups excluding carboxylic acids is 2. The fourth-order valence-corrected chi connectivity index (χ4v) is 4.66. The van der Waals surface area contributed by atoms with E-state index in [0.717, 1.165) is 33.9 Å². The molecule has 1 aliphatic carbocycles. The zero-order valence-electron chi connectivity index (χ0n) is 17.8. The van der Waals surface area contributed by atoms with Gasteiger partial charge in [0.15, 0.2) is 0 Å². The Balaban J connectivity index is 1.29. The van der Waals surface area contributed by atoms with Crippen LogP contribution in [0.3, 0.4) is 0 Å². The molecule has 5 heteroatoms. The van der Waals surface area contributed by atoms with Gasteiger partial charge in [0.1, 0.15) is 18.4 Å². The highest BCUT2D eigenvalue weighted by Gasteiger charge is 2.31. The van der Waals surface area contributed by atoms with E-state index < -0.39 is 11.6 Å². The molecule has 1 heterocycles. The first-order valence-corrected chi connectivity index (χ1v) is 10.7. The highest BCUT2D eigenvalue weighted by atomic mass is 16.5. The Bertz CT molecular complexity index is 1260. The van der Waals surface area contributed by atoms with Crippen molar-refractivity contribution in [3.05, 3.63) is 95.7 Å². The van der Waals surface area contributed by atoms with E-state index >= 15 is 0 Å². The molecule has 1 aliphatic rings. The van der Waals surface area contributed by atoms with Crippen molar-refractivity contribution in [2.45, 2.75) is 24.8 Å². The predicted molar refractivity (Wildman–Crippen MR) is 125 cm³/mol. The summed E-state index contributed by atoms with van der Waals surface area (Å²) in [4.78, 5) is 27.8. The number of amides is 1. The van der Waals surface area contributed by atoms with Gasteiger partial charge < -0.3 is 19.8 Å². The molecule has 0 spiro atoms. The van der Waals surface area contributed by atoms with Crippen molar-refractivity contribution in [3.8, 4) is 11.1 Å². The molecule has 2 N–H and O–H groups in total. The van der Waals surface area contributed by atoms with E-state index in [2.05, 4.69) is 34.6 Å². The van der Waals surface area contributed by atoms with Gasteiger partial charge in [0.2, 0.25) is 0 Å². The van der Waals surface area contributed by atoms with E-state index in [0.29, 0.717) is 6.42 Å². The second kappa shape index (κ2) is 8.00. The molecule has 0 fully saturated rings. The lowest BCUT2D eigenvalue weighted by molar-refractivity contribution is -0.112. The first-order chi connectivity index (χ1) is 15.6. The molecule has 0 unspecified atom stereocenters. The number of carbonyl (C=O) groups is 2. The summed E-state index contributed by atoms with van der Waals surface area (Å²) in [7, 11) is 0. The van der Waals surface area contributed by atoms with Gasteiger partial charge in [0, 0.05) is 29.4 Å². The van der Waals surface area contributed by atoms with Gasteiger partial charge >= 0.3 is 6.09 Å². The molecule has 0 saturated heterocycles. The summed E-state index contributed by atoms with van der Waals surface area (Å²) in [6.07, 6.45) is 2.42. The number of hydrogen-bond acceptors (Lipinski definition) is 3. The number of aromatic amines is 1. The molecule has 1 amide bonds. The molecule has 1 aromatic heterocycles. The van der Waals surface area contributed by atoms with Crippen LogP contribution in [0.5, 0.6) is 0 Å². The van der Waals surface area contributed by atoms with Gasteiger partial charge in [0.05, 0.1) is 0 Å². The molecule has 0 radical (unpaired) electrons. The fourth-order valence-electron chi connectivity index (χ4n) is 4.66. The minimum atomic E-state index is -1.08. The molecule has 0 aliphatic heterocycles. The van der Waals surface area contributed by atoms with Crippen LogP contribution in [0.25, 0.3) is 22.0 Å². The van der Waals surface area contributed by atoms with Crippen molar-refractivity contribution in [1.82, 2.24) is 10.3 Å². The van der Waals surface area contributed by atoms with Crippen LogP contribution in [0.15, 0.2) is 79.0 Å². The lowest BCUT2D eigenvalue weighted by atomic mass is 9.94. The number of nitrogens with one attached hydrogen (secondary N) is 2. The van der Waals surface area contributed by atoms with E-state index in [1.807, 2.05) is 54.7 Å². The number of alkyl carbamates (subject to hydrolysis) is 1. The Morgan fingerprint density at radius 1 is 1.00 bits per heavy atom. The number of ether oxygens (including phenoxy) is 1. The number of hydrogen-bond donors (Lipinski definition) is 2. The number of aldehydes is 1. The normalized spacial score (nSPS) is 14.4. The van der Waals surface area contributed by atoms with Crippen LogP contribution in [0, 0.1) is 0 Å². The largest absolute Gasteiger partial charge is 0.449 e. The van der Waals surface area contributed by atoms with Gasteiger partial charge in [-0.05, 0) is 40.8 Å². The summed E-state index contributed by atoms with van der Waals surface area (Å²) in [5, 5.41) is 3.81. The zero-order valence-corrected chi connectivity index (χ0v) is 17.8. The lowest BCUT2D eigenvalue weighted by Crippen LogP contribution is -2.49. The van der Waals surface area contributed by atoms with Crippen LogP contribution in [-0.4, -0.2) is 29.5 Å². The third-order valence-electron chi connectivity index (χ3n) is 6.22. The van der Waals surface area contributed by atoms with Crippen molar-refractivity contribution < 1.29 is 14.3 Å². The minimum Gasteiger partial charge on any atom is -0.449 e. The summed E-state index contributed by atoms with van der Waals surface area (Å²) in [6.45, 7) is 1.92. The third kappa shape index (κ3) is 3.56. The molecule has 0 bridgehead atoms. The number of para-hydroxylation sites is 1. The number of aromatic nitrogens is 1. The maximum atomic E-state index is 12.7. The van der Waals surface area contributed by atoms with Gasteiger partial charge in [-0.1, -0.05) is 66.7 Å². The average molecular weight is 425 g/mol. The summed E-state index contributed by atoms with van der Waals surface area (Å²) in [5.41, 5.74) is 5.54. The summed E-state index contributed by atoms with van der Waals surface area (Å²) in [6, 6.07) is 24.3. The Kier molecular flexibility index (Phi) is 5.02. The van der Waals surface area contributed by atoms with E-state index in [-0.39, 0.29) is 12.5 Å². The van der Waals surface area contributed by atoms with Crippen molar-refractivity contribution in [2.75, 3.05) is 6.61 Å². The van der Waals surface area contributed by atoms with Crippen LogP contribution < -0.4 is 5.32 Å². The van der Waals surface area contributed by atoms with Gasteiger partial charge in [-0.15, -0.1) is 0 Å². The van der Waals surface area contributed by atoms with Crippen LogP contribution in [0.4, 0.5) is 4.79 Å². The minimum absolute atomic E-state index is 0.0238. The second-order valence-corrected chi connectivity index (χ2v) is 8.52. The molecule has 32 heavy (non-hydrogen) atoms. The zero-order chi connectivity index (χ0) is 22.1. The van der Waals surface area contributed by atoms with Crippen LogP contribution in [-0.2, 0) is 16.0 Å². The Morgan fingerprint density at radius 3 is 2.31 bits per heavy atom. The van der Waals surface area contributed by atoms with Gasteiger partial charge in [-0.2, -0.15) is 0 Å². The smallest absolute Gasteiger partial charge is 0.407 e. The molecular weight excluding hydrogens is 400 g/mol. The lowest BCUT2D eigenvalue weighted by Gasteiger charge is -2.25. The number of benzene rings is 3. The van der Waals surface area contributed by atoms with Gasteiger partial charge in [-0.25, -0.2) is 4.79 Å². The Hall–Kier alpha value is -3.86. The monoisotopic (exact) mass is 424 g/mol. The average Bonchev–Trinajstić information content (AvgIpc) is 3.37. The predicted octanol–water partition coefficient (Wildman–Crippen LogP) is 5.21. The van der Waals surface area contributed by atoms with Crippen molar-refractivity contribution in [2.24, 2.45) is 0 Å². The van der Waals surface area contributed by atoms with Gasteiger partial charge in [0.25, 0.3) is 0 Å². The molecule has 1 atom stereocenters. The summed E-state index contributed by atoms with van der Waals surface area (Å²) >= 11 is 0. The highest BCUT2D eigenvalue weighted by molar-refractivity contribution is 5.85. The van der Waals surface area contributed by atoms with E-state index in [9.17, 15) is 9.59 Å². The summed E-state index contributed by atoms with van der Waals surface area (Å²) < 4.78 is 5.63. The molecule has 3 aromatic carbocycles. The van der Waals surface area contributed by atoms with E-state index in [1.54, 1.807) is 6.92 Å². The number of rotatable bonds is 6. The Morgan fingerprint density at radius 2 is 1.62 bits per heavy atom. The molecule has 5 nitrogen and oxygen atoms in total. The van der Waals surface area contributed by atoms with Crippen LogP contribution in [0.1, 0.15) is 29.5 Å². The first kappa shape index (κ1) is 20.1. The van der Waals surface area contributed by atoms with Gasteiger partial charge in [-0.3, -0.25) is 0 Å². The maximum absolute atomic E-state index is 12.7. The number of fused-ring (bicyclic) bond motifs is 4. The SMILES string of the molecule is C[C@](C=O)(Cc1c[nH]c2ccccc12)NC(=O)OCC1c2ccccc2-c2ccccc21. The molecular formula is C27H24N2O3. The van der Waals surface area contributed by atoms with Crippen LogP contribution >= 0.6 is 0 Å². The molecule has 160 valence electrons. The molecule has 5 rings (SSSR count).